The highest BCUT2D eigenvalue weighted by atomic mass is 19.1. The molecule has 0 bridgehead atoms. The van der Waals surface area contributed by atoms with Crippen LogP contribution in [0.5, 0.6) is 0 Å². The maximum atomic E-state index is 13.3. The highest BCUT2D eigenvalue weighted by Crippen LogP contribution is 2.35. The molecule has 2 aliphatic rings. The van der Waals surface area contributed by atoms with Gasteiger partial charge in [0, 0.05) is 25.2 Å². The number of carbonyl (C=O) groups is 2. The van der Waals surface area contributed by atoms with Gasteiger partial charge in [-0.15, -0.1) is 0 Å². The fraction of sp³-hybridized carbons (Fsp3) is 0.417. The molecule has 1 atom stereocenters. The molecule has 2 aromatic carbocycles. The molecule has 1 aliphatic heterocycles. The average molecular weight is 410 g/mol. The van der Waals surface area contributed by atoms with Crippen molar-refractivity contribution in [3.63, 3.8) is 0 Å². The van der Waals surface area contributed by atoms with E-state index in [0.717, 1.165) is 49.8 Å². The maximum absolute atomic E-state index is 13.3. The number of likely N-dealkylation sites (tertiary alicyclic amines) is 1. The smallest absolute Gasteiger partial charge is 0.319 e. The lowest BCUT2D eigenvalue weighted by Crippen LogP contribution is -2.36. The summed E-state index contributed by atoms with van der Waals surface area (Å²) in [7, 11) is 0. The molecule has 1 unspecified atom stereocenters. The van der Waals surface area contributed by atoms with Gasteiger partial charge in [-0.05, 0) is 60.6 Å². The Morgan fingerprint density at radius 2 is 1.73 bits per heavy atom. The highest BCUT2D eigenvalue weighted by molar-refractivity contribution is 5.89. The molecule has 30 heavy (non-hydrogen) atoms. The first-order chi connectivity index (χ1) is 14.6. The van der Waals surface area contributed by atoms with Gasteiger partial charge in [0.25, 0.3) is 0 Å². The van der Waals surface area contributed by atoms with E-state index in [1.807, 2.05) is 29.2 Å². The quantitative estimate of drug-likeness (QED) is 0.705. The van der Waals surface area contributed by atoms with Crippen LogP contribution in [-0.2, 0) is 11.3 Å². The monoisotopic (exact) mass is 409 g/mol. The van der Waals surface area contributed by atoms with Crippen molar-refractivity contribution in [1.29, 1.82) is 0 Å². The SMILES string of the molecule is O=C(Nc1ccc(CN2CCCC2=O)cc1)NC(c1ccc(F)cc1)C1CCCC1. The number of hydrogen-bond acceptors (Lipinski definition) is 2. The summed E-state index contributed by atoms with van der Waals surface area (Å²) >= 11 is 0. The Hall–Kier alpha value is -2.89. The number of nitrogens with one attached hydrogen (secondary N) is 2. The predicted molar refractivity (Wildman–Crippen MR) is 114 cm³/mol. The summed E-state index contributed by atoms with van der Waals surface area (Å²) in [4.78, 5) is 26.3. The third-order valence-corrected chi connectivity index (χ3v) is 6.14. The van der Waals surface area contributed by atoms with E-state index in [-0.39, 0.29) is 23.8 Å². The van der Waals surface area contributed by atoms with Crippen LogP contribution in [0.4, 0.5) is 14.9 Å². The Morgan fingerprint density at radius 1 is 1.03 bits per heavy atom. The van der Waals surface area contributed by atoms with Gasteiger partial charge in [-0.1, -0.05) is 37.1 Å². The van der Waals surface area contributed by atoms with Crippen molar-refractivity contribution in [2.45, 2.75) is 51.1 Å². The summed E-state index contributed by atoms with van der Waals surface area (Å²) in [6.07, 6.45) is 6.00. The average Bonchev–Trinajstić information content (AvgIpc) is 3.41. The summed E-state index contributed by atoms with van der Waals surface area (Å²) in [5.41, 5.74) is 2.68. The number of carbonyl (C=O) groups excluding carboxylic acids is 2. The van der Waals surface area contributed by atoms with E-state index in [1.165, 1.54) is 12.1 Å². The topological polar surface area (TPSA) is 61.4 Å². The van der Waals surface area contributed by atoms with Crippen molar-refractivity contribution in [3.05, 3.63) is 65.5 Å². The van der Waals surface area contributed by atoms with Crippen molar-refractivity contribution in [2.24, 2.45) is 5.92 Å². The summed E-state index contributed by atoms with van der Waals surface area (Å²) in [5.74, 6) is 0.293. The van der Waals surface area contributed by atoms with Crippen molar-refractivity contribution < 1.29 is 14.0 Å². The van der Waals surface area contributed by atoms with Crippen LogP contribution in [0.3, 0.4) is 0 Å². The minimum atomic E-state index is -0.274. The molecule has 158 valence electrons. The van der Waals surface area contributed by atoms with Crippen LogP contribution in [0.2, 0.25) is 0 Å². The van der Waals surface area contributed by atoms with Gasteiger partial charge in [0.15, 0.2) is 0 Å². The molecule has 1 saturated carbocycles. The molecule has 1 heterocycles. The predicted octanol–water partition coefficient (Wildman–Crippen LogP) is 5.00. The third kappa shape index (κ3) is 4.99. The Balaban J connectivity index is 1.38. The van der Waals surface area contributed by atoms with Gasteiger partial charge < -0.3 is 15.5 Å². The molecular weight excluding hydrogens is 381 g/mol. The highest BCUT2D eigenvalue weighted by Gasteiger charge is 2.28. The lowest BCUT2D eigenvalue weighted by atomic mass is 9.91. The molecule has 0 radical (unpaired) electrons. The van der Waals surface area contributed by atoms with Crippen LogP contribution < -0.4 is 10.6 Å². The van der Waals surface area contributed by atoms with Crippen molar-refractivity contribution in [1.82, 2.24) is 10.2 Å². The summed E-state index contributed by atoms with van der Waals surface area (Å²) in [6.45, 7) is 1.42. The Labute approximate surface area is 176 Å². The van der Waals surface area contributed by atoms with Crippen LogP contribution in [0.1, 0.15) is 55.7 Å². The van der Waals surface area contributed by atoms with Crippen molar-refractivity contribution in [3.8, 4) is 0 Å². The van der Waals surface area contributed by atoms with Crippen molar-refractivity contribution in [2.75, 3.05) is 11.9 Å². The van der Waals surface area contributed by atoms with E-state index < -0.39 is 0 Å². The standard InChI is InChI=1S/C24H28FN3O2/c25-20-11-9-19(10-12-20)23(18-4-1-2-5-18)27-24(30)26-21-13-7-17(8-14-21)16-28-15-3-6-22(28)29/h7-14,18,23H,1-6,15-16H2,(H2,26,27,30). The molecule has 0 aromatic heterocycles. The molecule has 1 saturated heterocycles. The van der Waals surface area contributed by atoms with Crippen LogP contribution in [-0.4, -0.2) is 23.4 Å². The van der Waals surface area contributed by atoms with Crippen LogP contribution in [0.25, 0.3) is 0 Å². The molecule has 2 N–H and O–H groups in total. The maximum Gasteiger partial charge on any atom is 0.319 e. The van der Waals surface area contributed by atoms with Crippen LogP contribution >= 0.6 is 0 Å². The largest absolute Gasteiger partial charge is 0.338 e. The molecule has 5 nitrogen and oxygen atoms in total. The van der Waals surface area contributed by atoms with Gasteiger partial charge in [-0.25, -0.2) is 9.18 Å². The number of nitrogens with zero attached hydrogens (tertiary/aromatic N) is 1. The second kappa shape index (κ2) is 9.28. The lowest BCUT2D eigenvalue weighted by Gasteiger charge is -2.25. The summed E-state index contributed by atoms with van der Waals surface area (Å²) in [5, 5.41) is 6.00. The number of hydrogen-bond donors (Lipinski definition) is 2. The van der Waals surface area contributed by atoms with E-state index in [4.69, 9.17) is 0 Å². The van der Waals surface area contributed by atoms with Gasteiger partial charge in [-0.2, -0.15) is 0 Å². The van der Waals surface area contributed by atoms with E-state index >= 15 is 0 Å². The van der Waals surface area contributed by atoms with E-state index in [9.17, 15) is 14.0 Å². The fourth-order valence-corrected chi connectivity index (χ4v) is 4.53. The molecule has 2 aromatic rings. The molecule has 0 spiro atoms. The number of urea groups is 1. The second-order valence-electron chi connectivity index (χ2n) is 8.29. The Kier molecular flexibility index (Phi) is 6.31. The molecule has 1 aliphatic carbocycles. The zero-order valence-corrected chi connectivity index (χ0v) is 17.1. The van der Waals surface area contributed by atoms with Gasteiger partial charge in [0.2, 0.25) is 5.91 Å². The minimum absolute atomic E-state index is 0.131. The van der Waals surface area contributed by atoms with Gasteiger partial charge in [0.05, 0.1) is 6.04 Å². The Morgan fingerprint density at radius 3 is 2.37 bits per heavy atom. The number of anilines is 1. The molecular formula is C24H28FN3O2. The number of halogens is 1. The molecule has 6 heteroatoms. The molecule has 2 fully saturated rings. The van der Waals surface area contributed by atoms with Gasteiger partial charge in [-0.3, -0.25) is 4.79 Å². The first-order valence-corrected chi connectivity index (χ1v) is 10.8. The van der Waals surface area contributed by atoms with E-state index in [2.05, 4.69) is 10.6 Å². The Bertz CT molecular complexity index is 876. The summed E-state index contributed by atoms with van der Waals surface area (Å²) in [6, 6.07) is 13.6. The van der Waals surface area contributed by atoms with Crippen molar-refractivity contribution >= 4 is 17.6 Å². The molecule has 3 amide bonds. The van der Waals surface area contributed by atoms with Gasteiger partial charge >= 0.3 is 6.03 Å². The van der Waals surface area contributed by atoms with Gasteiger partial charge in [0.1, 0.15) is 5.82 Å². The first-order valence-electron chi connectivity index (χ1n) is 10.8. The van der Waals surface area contributed by atoms with Crippen LogP contribution in [0, 0.1) is 11.7 Å². The normalized spacial score (nSPS) is 17.9. The minimum Gasteiger partial charge on any atom is -0.338 e. The first kappa shape index (κ1) is 20.4. The number of amides is 3. The lowest BCUT2D eigenvalue weighted by molar-refractivity contribution is -0.128. The number of benzene rings is 2. The van der Waals surface area contributed by atoms with E-state index in [0.29, 0.717) is 24.6 Å². The zero-order valence-electron chi connectivity index (χ0n) is 17.1. The molecule has 4 rings (SSSR count). The van der Waals surface area contributed by atoms with E-state index in [1.54, 1.807) is 12.1 Å². The zero-order chi connectivity index (χ0) is 20.9. The summed E-state index contributed by atoms with van der Waals surface area (Å²) < 4.78 is 13.3. The third-order valence-electron chi connectivity index (χ3n) is 6.14. The number of rotatable bonds is 6. The fourth-order valence-electron chi connectivity index (χ4n) is 4.53. The second-order valence-corrected chi connectivity index (χ2v) is 8.29. The van der Waals surface area contributed by atoms with Crippen LogP contribution in [0.15, 0.2) is 48.5 Å².